The molecule has 0 amide bonds. The van der Waals surface area contributed by atoms with Crippen LogP contribution < -0.4 is 10.1 Å². The normalized spacial score (nSPS) is 10.4. The monoisotopic (exact) mass is 242 g/mol. The van der Waals surface area contributed by atoms with E-state index in [1.54, 1.807) is 7.11 Å². The molecule has 0 atom stereocenters. The van der Waals surface area contributed by atoms with Gasteiger partial charge in [0, 0.05) is 18.3 Å². The standard InChI is InChI=1S/C15H18N2O/c1-11-8-13(18-3)4-5-14(11)15-9-12(10-16-2)6-7-17-15/h4-9,16H,10H2,1-3H3. The number of hydrogen-bond acceptors (Lipinski definition) is 3. The molecule has 2 rings (SSSR count). The summed E-state index contributed by atoms with van der Waals surface area (Å²) in [5.41, 5.74) is 4.55. The van der Waals surface area contributed by atoms with Gasteiger partial charge in [-0.15, -0.1) is 0 Å². The Morgan fingerprint density at radius 3 is 2.72 bits per heavy atom. The van der Waals surface area contributed by atoms with Crippen molar-refractivity contribution < 1.29 is 4.74 Å². The summed E-state index contributed by atoms with van der Waals surface area (Å²) in [5, 5.41) is 3.15. The minimum Gasteiger partial charge on any atom is -0.497 e. The Hall–Kier alpha value is -1.87. The predicted molar refractivity (Wildman–Crippen MR) is 73.7 cm³/mol. The van der Waals surface area contributed by atoms with Crippen molar-refractivity contribution in [2.24, 2.45) is 0 Å². The zero-order valence-corrected chi connectivity index (χ0v) is 11.0. The average Bonchev–Trinajstić information content (AvgIpc) is 2.39. The van der Waals surface area contributed by atoms with E-state index >= 15 is 0 Å². The second-order valence-corrected chi connectivity index (χ2v) is 4.26. The van der Waals surface area contributed by atoms with Crippen LogP contribution >= 0.6 is 0 Å². The van der Waals surface area contributed by atoms with Crippen LogP contribution in [0, 0.1) is 6.92 Å². The molecule has 0 bridgehead atoms. The Labute approximate surface area is 108 Å². The quantitative estimate of drug-likeness (QED) is 0.895. The summed E-state index contributed by atoms with van der Waals surface area (Å²) in [6, 6.07) is 10.2. The van der Waals surface area contributed by atoms with E-state index in [4.69, 9.17) is 4.74 Å². The molecule has 1 heterocycles. The third-order valence-corrected chi connectivity index (χ3v) is 2.91. The lowest BCUT2D eigenvalue weighted by Crippen LogP contribution is -2.05. The summed E-state index contributed by atoms with van der Waals surface area (Å²) >= 11 is 0. The first kappa shape index (κ1) is 12.6. The number of rotatable bonds is 4. The van der Waals surface area contributed by atoms with Crippen LogP contribution in [0.4, 0.5) is 0 Å². The SMILES string of the molecule is CNCc1ccnc(-c2ccc(OC)cc2C)c1. The maximum Gasteiger partial charge on any atom is 0.119 e. The Morgan fingerprint density at radius 1 is 1.22 bits per heavy atom. The van der Waals surface area contributed by atoms with Crippen molar-refractivity contribution >= 4 is 0 Å². The molecule has 0 radical (unpaired) electrons. The highest BCUT2D eigenvalue weighted by Crippen LogP contribution is 2.25. The van der Waals surface area contributed by atoms with Gasteiger partial charge in [-0.05, 0) is 55.4 Å². The maximum absolute atomic E-state index is 5.22. The summed E-state index contributed by atoms with van der Waals surface area (Å²) in [5.74, 6) is 0.877. The minimum absolute atomic E-state index is 0.852. The van der Waals surface area contributed by atoms with Gasteiger partial charge >= 0.3 is 0 Å². The maximum atomic E-state index is 5.22. The number of nitrogens with zero attached hydrogens (tertiary/aromatic N) is 1. The van der Waals surface area contributed by atoms with E-state index < -0.39 is 0 Å². The Kier molecular flexibility index (Phi) is 3.95. The molecule has 2 aromatic rings. The van der Waals surface area contributed by atoms with Crippen molar-refractivity contribution in [3.05, 3.63) is 47.7 Å². The van der Waals surface area contributed by atoms with E-state index in [0.717, 1.165) is 23.6 Å². The second kappa shape index (κ2) is 5.65. The first-order chi connectivity index (χ1) is 8.74. The molecule has 1 aromatic carbocycles. The molecule has 0 spiro atoms. The lowest BCUT2D eigenvalue weighted by Gasteiger charge is -2.09. The lowest BCUT2D eigenvalue weighted by atomic mass is 10.0. The van der Waals surface area contributed by atoms with E-state index in [1.807, 2.05) is 31.4 Å². The van der Waals surface area contributed by atoms with Crippen molar-refractivity contribution in [3.8, 4) is 17.0 Å². The Balaban J connectivity index is 2.38. The van der Waals surface area contributed by atoms with Crippen molar-refractivity contribution in [2.45, 2.75) is 13.5 Å². The van der Waals surface area contributed by atoms with Crippen molar-refractivity contribution in [1.82, 2.24) is 10.3 Å². The molecule has 1 aromatic heterocycles. The van der Waals surface area contributed by atoms with Gasteiger partial charge in [0.25, 0.3) is 0 Å². The van der Waals surface area contributed by atoms with Gasteiger partial charge in [0.15, 0.2) is 0 Å². The highest BCUT2D eigenvalue weighted by Gasteiger charge is 2.05. The van der Waals surface area contributed by atoms with Crippen LogP contribution in [-0.4, -0.2) is 19.1 Å². The molecule has 94 valence electrons. The molecule has 0 aliphatic rings. The summed E-state index contributed by atoms with van der Waals surface area (Å²) in [7, 11) is 3.62. The number of pyridine rings is 1. The number of benzene rings is 1. The van der Waals surface area contributed by atoms with Crippen molar-refractivity contribution in [1.29, 1.82) is 0 Å². The van der Waals surface area contributed by atoms with E-state index in [9.17, 15) is 0 Å². The van der Waals surface area contributed by atoms with E-state index in [-0.39, 0.29) is 0 Å². The van der Waals surface area contributed by atoms with E-state index in [1.165, 1.54) is 11.1 Å². The molecule has 0 unspecified atom stereocenters. The first-order valence-electron chi connectivity index (χ1n) is 5.99. The van der Waals surface area contributed by atoms with Crippen molar-refractivity contribution in [2.75, 3.05) is 14.2 Å². The topological polar surface area (TPSA) is 34.2 Å². The fourth-order valence-electron chi connectivity index (χ4n) is 1.99. The molecule has 0 aliphatic heterocycles. The van der Waals surface area contributed by atoms with Gasteiger partial charge in [0.05, 0.1) is 12.8 Å². The average molecular weight is 242 g/mol. The zero-order chi connectivity index (χ0) is 13.0. The zero-order valence-electron chi connectivity index (χ0n) is 11.0. The fraction of sp³-hybridized carbons (Fsp3) is 0.267. The molecular formula is C15H18N2O. The van der Waals surface area contributed by atoms with Gasteiger partial charge in [0.1, 0.15) is 5.75 Å². The summed E-state index contributed by atoms with van der Waals surface area (Å²) in [6.07, 6.45) is 1.85. The van der Waals surface area contributed by atoms with Crippen LogP contribution in [0.25, 0.3) is 11.3 Å². The Bertz CT molecular complexity index is 538. The number of aryl methyl sites for hydroxylation is 1. The molecule has 0 fully saturated rings. The van der Waals surface area contributed by atoms with E-state index in [0.29, 0.717) is 0 Å². The van der Waals surface area contributed by atoms with Crippen LogP contribution in [0.3, 0.4) is 0 Å². The molecule has 0 saturated heterocycles. The Morgan fingerprint density at radius 2 is 2.06 bits per heavy atom. The van der Waals surface area contributed by atoms with Crippen molar-refractivity contribution in [3.63, 3.8) is 0 Å². The molecule has 3 nitrogen and oxygen atoms in total. The molecule has 1 N–H and O–H groups in total. The fourth-order valence-corrected chi connectivity index (χ4v) is 1.99. The van der Waals surface area contributed by atoms with Gasteiger partial charge in [-0.2, -0.15) is 0 Å². The highest BCUT2D eigenvalue weighted by molar-refractivity contribution is 5.65. The third kappa shape index (κ3) is 2.68. The van der Waals surface area contributed by atoms with Crippen LogP contribution in [0.5, 0.6) is 5.75 Å². The predicted octanol–water partition coefficient (Wildman–Crippen LogP) is 2.79. The van der Waals surface area contributed by atoms with Gasteiger partial charge in [-0.25, -0.2) is 0 Å². The molecule has 0 aliphatic carbocycles. The molecule has 18 heavy (non-hydrogen) atoms. The van der Waals surface area contributed by atoms with Gasteiger partial charge < -0.3 is 10.1 Å². The highest BCUT2D eigenvalue weighted by atomic mass is 16.5. The number of aromatic nitrogens is 1. The van der Waals surface area contributed by atoms with Crippen LogP contribution in [0.1, 0.15) is 11.1 Å². The second-order valence-electron chi connectivity index (χ2n) is 4.26. The molecule has 0 saturated carbocycles. The number of nitrogens with one attached hydrogen (secondary N) is 1. The van der Waals surface area contributed by atoms with Gasteiger partial charge in [-0.1, -0.05) is 0 Å². The smallest absolute Gasteiger partial charge is 0.119 e. The van der Waals surface area contributed by atoms with Gasteiger partial charge in [0.2, 0.25) is 0 Å². The van der Waals surface area contributed by atoms with E-state index in [2.05, 4.69) is 29.4 Å². The largest absolute Gasteiger partial charge is 0.497 e. The number of ether oxygens (including phenoxy) is 1. The minimum atomic E-state index is 0.852. The lowest BCUT2D eigenvalue weighted by molar-refractivity contribution is 0.414. The van der Waals surface area contributed by atoms with Crippen LogP contribution in [0.15, 0.2) is 36.5 Å². The summed E-state index contributed by atoms with van der Waals surface area (Å²) in [6.45, 7) is 2.93. The summed E-state index contributed by atoms with van der Waals surface area (Å²) < 4.78 is 5.22. The molecule has 3 heteroatoms. The van der Waals surface area contributed by atoms with Crippen LogP contribution in [-0.2, 0) is 6.54 Å². The third-order valence-electron chi connectivity index (χ3n) is 2.91. The number of methoxy groups -OCH3 is 1. The van der Waals surface area contributed by atoms with Gasteiger partial charge in [-0.3, -0.25) is 4.98 Å². The summed E-state index contributed by atoms with van der Waals surface area (Å²) in [4.78, 5) is 4.44. The van der Waals surface area contributed by atoms with Crippen LogP contribution in [0.2, 0.25) is 0 Å². The molecular weight excluding hydrogens is 224 g/mol. The number of hydrogen-bond donors (Lipinski definition) is 1. The first-order valence-corrected chi connectivity index (χ1v) is 5.99.